The molecule has 0 saturated carbocycles. The molecule has 1 atom stereocenters. The molecule has 0 aliphatic heterocycles. The van der Waals surface area contributed by atoms with Gasteiger partial charge in [-0.05, 0) is 47.5 Å². The van der Waals surface area contributed by atoms with Gasteiger partial charge in [-0.2, -0.15) is 5.26 Å². The molecule has 0 spiro atoms. The van der Waals surface area contributed by atoms with E-state index in [1.165, 1.54) is 17.6 Å². The van der Waals surface area contributed by atoms with Crippen molar-refractivity contribution >= 4 is 15.7 Å². The highest BCUT2D eigenvalue weighted by Crippen LogP contribution is 2.23. The summed E-state index contributed by atoms with van der Waals surface area (Å²) in [6.45, 7) is -0.209. The van der Waals surface area contributed by atoms with Crippen LogP contribution in [0.1, 0.15) is 5.56 Å². The smallest absolute Gasteiger partial charge is 0.250 e. The second-order valence-electron chi connectivity index (χ2n) is 6.79. The van der Waals surface area contributed by atoms with E-state index >= 15 is 0 Å². The summed E-state index contributed by atoms with van der Waals surface area (Å²) in [6.07, 6.45) is 0. The minimum absolute atomic E-state index is 0.0559. The molecule has 0 saturated heterocycles. The van der Waals surface area contributed by atoms with Gasteiger partial charge in [0, 0.05) is 0 Å². The van der Waals surface area contributed by atoms with Gasteiger partial charge in [0.2, 0.25) is 0 Å². The molecule has 2 N–H and O–H groups in total. The first kappa shape index (κ1) is 22.0. The number of hydroxylamine groups is 1. The third-order valence-corrected chi connectivity index (χ3v) is 6.49. The number of amides is 1. The Hall–Kier alpha value is -3.67. The van der Waals surface area contributed by atoms with Crippen LogP contribution in [-0.4, -0.2) is 31.9 Å². The lowest BCUT2D eigenvalue weighted by Gasteiger charge is -2.16. The predicted octanol–water partition coefficient (Wildman–Crippen LogP) is 3.20. The van der Waals surface area contributed by atoms with Crippen molar-refractivity contribution in [2.45, 2.75) is 4.90 Å². The molecule has 31 heavy (non-hydrogen) atoms. The summed E-state index contributed by atoms with van der Waals surface area (Å²) in [5.41, 5.74) is 3.68. The Balaban J connectivity index is 1.75. The molecule has 0 aliphatic rings. The number of hydrogen-bond acceptors (Lipinski definition) is 6. The number of benzene rings is 3. The molecule has 8 heteroatoms. The minimum Gasteiger partial charge on any atom is -0.493 e. The van der Waals surface area contributed by atoms with Gasteiger partial charge >= 0.3 is 0 Å². The maximum atomic E-state index is 12.9. The number of sulfone groups is 1. The topological polar surface area (TPSA) is 116 Å². The molecule has 0 aromatic heterocycles. The van der Waals surface area contributed by atoms with Gasteiger partial charge < -0.3 is 4.74 Å². The number of carbonyl (C=O) groups excluding carboxylic acids is 1. The highest BCUT2D eigenvalue weighted by atomic mass is 32.2. The third-order valence-electron chi connectivity index (χ3n) is 4.66. The normalized spacial score (nSPS) is 11.9. The number of hydrogen-bond donors (Lipinski definition) is 2. The third kappa shape index (κ3) is 5.69. The Kier molecular flexibility index (Phi) is 7.03. The zero-order chi connectivity index (χ0) is 22.3. The van der Waals surface area contributed by atoms with Crippen molar-refractivity contribution in [3.8, 4) is 22.9 Å². The molecule has 0 heterocycles. The summed E-state index contributed by atoms with van der Waals surface area (Å²) in [4.78, 5) is 12.1. The Labute approximate surface area is 180 Å². The van der Waals surface area contributed by atoms with Crippen LogP contribution < -0.4 is 10.2 Å². The van der Waals surface area contributed by atoms with E-state index in [4.69, 9.17) is 15.2 Å². The van der Waals surface area contributed by atoms with Crippen LogP contribution in [0.3, 0.4) is 0 Å². The molecule has 1 unspecified atom stereocenters. The Morgan fingerprint density at radius 2 is 1.55 bits per heavy atom. The van der Waals surface area contributed by atoms with E-state index in [9.17, 15) is 13.2 Å². The molecule has 0 radical (unpaired) electrons. The van der Waals surface area contributed by atoms with Crippen molar-refractivity contribution in [2.75, 3.05) is 12.4 Å². The lowest BCUT2D eigenvalue weighted by Crippen LogP contribution is -2.36. The Bertz CT molecular complexity index is 1170. The van der Waals surface area contributed by atoms with Crippen molar-refractivity contribution in [1.29, 1.82) is 5.26 Å². The van der Waals surface area contributed by atoms with Gasteiger partial charge in [-0.15, -0.1) is 0 Å². The number of carbonyl (C=O) groups is 1. The highest BCUT2D eigenvalue weighted by Gasteiger charge is 2.27. The van der Waals surface area contributed by atoms with Crippen molar-refractivity contribution in [1.82, 2.24) is 5.48 Å². The number of rotatable bonds is 8. The van der Waals surface area contributed by atoms with Crippen LogP contribution in [0.4, 0.5) is 0 Å². The zero-order valence-electron chi connectivity index (χ0n) is 16.4. The average molecular weight is 436 g/mol. The molecular formula is C23H20N2O5S. The number of nitrogens with zero attached hydrogens (tertiary/aromatic N) is 1. The van der Waals surface area contributed by atoms with Crippen molar-refractivity contribution in [3.05, 3.63) is 84.4 Å². The van der Waals surface area contributed by atoms with E-state index in [0.29, 0.717) is 11.3 Å². The largest absolute Gasteiger partial charge is 0.493 e. The molecule has 3 rings (SSSR count). The summed E-state index contributed by atoms with van der Waals surface area (Å²) < 4.78 is 31.2. The van der Waals surface area contributed by atoms with Crippen LogP contribution >= 0.6 is 0 Å². The quantitative estimate of drug-likeness (QED) is 0.414. The molecule has 1 amide bonds. The van der Waals surface area contributed by atoms with E-state index in [0.717, 1.165) is 11.1 Å². The Morgan fingerprint density at radius 3 is 2.10 bits per heavy atom. The van der Waals surface area contributed by atoms with Gasteiger partial charge in [-0.1, -0.05) is 42.5 Å². The summed E-state index contributed by atoms with van der Waals surface area (Å²) >= 11 is 0. The van der Waals surface area contributed by atoms with Gasteiger partial charge in [0.15, 0.2) is 9.84 Å². The van der Waals surface area contributed by atoms with E-state index in [1.807, 2.05) is 6.07 Å². The molecule has 0 bridgehead atoms. The van der Waals surface area contributed by atoms with Gasteiger partial charge in [0.25, 0.3) is 5.91 Å². The molecule has 0 aliphatic carbocycles. The molecule has 3 aromatic carbocycles. The minimum atomic E-state index is -3.82. The summed E-state index contributed by atoms with van der Waals surface area (Å²) in [6, 6.07) is 23.9. The standard InChI is InChI=1S/C23H20N2O5S/c24-14-17-6-8-18(9-7-17)19-10-12-22(13-11-19)31(28,29)16-20(23(26)25-27)15-30-21-4-2-1-3-5-21/h1-13,20,27H,15-16H2,(H,25,26). The van der Waals surface area contributed by atoms with Crippen LogP contribution in [0, 0.1) is 17.2 Å². The van der Waals surface area contributed by atoms with Gasteiger partial charge in [0.1, 0.15) is 12.4 Å². The maximum Gasteiger partial charge on any atom is 0.250 e. The lowest BCUT2D eigenvalue weighted by molar-refractivity contribution is -0.133. The maximum absolute atomic E-state index is 12.9. The van der Waals surface area contributed by atoms with Gasteiger partial charge in [-0.3, -0.25) is 10.0 Å². The summed E-state index contributed by atoms with van der Waals surface area (Å²) in [5, 5.41) is 17.9. The van der Waals surface area contributed by atoms with Crippen molar-refractivity contribution in [3.63, 3.8) is 0 Å². The van der Waals surface area contributed by atoms with Crippen molar-refractivity contribution in [2.24, 2.45) is 5.92 Å². The number of nitriles is 1. The number of ether oxygens (including phenoxy) is 1. The fourth-order valence-corrected chi connectivity index (χ4v) is 4.48. The SMILES string of the molecule is N#Cc1ccc(-c2ccc(S(=O)(=O)CC(COc3ccccc3)C(=O)NO)cc2)cc1. The van der Waals surface area contributed by atoms with Crippen LogP contribution in [0.2, 0.25) is 0 Å². The zero-order valence-corrected chi connectivity index (χ0v) is 17.2. The molecule has 3 aromatic rings. The second kappa shape index (κ2) is 9.89. The second-order valence-corrected chi connectivity index (χ2v) is 8.83. The predicted molar refractivity (Wildman–Crippen MR) is 114 cm³/mol. The number of nitrogens with one attached hydrogen (secondary N) is 1. The highest BCUT2D eigenvalue weighted by molar-refractivity contribution is 7.91. The van der Waals surface area contributed by atoms with Gasteiger partial charge in [-0.25, -0.2) is 13.9 Å². The van der Waals surface area contributed by atoms with Crippen LogP contribution in [0.25, 0.3) is 11.1 Å². The fourth-order valence-electron chi connectivity index (χ4n) is 2.96. The molecule has 7 nitrogen and oxygen atoms in total. The monoisotopic (exact) mass is 436 g/mol. The van der Waals surface area contributed by atoms with Gasteiger partial charge in [0.05, 0.1) is 28.2 Å². The average Bonchev–Trinajstić information content (AvgIpc) is 2.82. The first-order valence-electron chi connectivity index (χ1n) is 9.38. The molecular weight excluding hydrogens is 416 g/mol. The molecule has 158 valence electrons. The van der Waals surface area contributed by atoms with E-state index in [2.05, 4.69) is 0 Å². The van der Waals surface area contributed by atoms with Crippen LogP contribution in [0.5, 0.6) is 5.75 Å². The summed E-state index contributed by atoms with van der Waals surface area (Å²) in [7, 11) is -3.82. The summed E-state index contributed by atoms with van der Waals surface area (Å²) in [5.74, 6) is -1.98. The van der Waals surface area contributed by atoms with Crippen LogP contribution in [0.15, 0.2) is 83.8 Å². The first-order valence-corrected chi connectivity index (χ1v) is 11.0. The van der Waals surface area contributed by atoms with Crippen LogP contribution in [-0.2, 0) is 14.6 Å². The van der Waals surface area contributed by atoms with E-state index < -0.39 is 27.4 Å². The van der Waals surface area contributed by atoms with E-state index in [-0.39, 0.29) is 11.5 Å². The Morgan fingerprint density at radius 1 is 0.968 bits per heavy atom. The first-order chi connectivity index (χ1) is 14.9. The van der Waals surface area contributed by atoms with Crippen molar-refractivity contribution < 1.29 is 23.2 Å². The lowest BCUT2D eigenvalue weighted by atomic mass is 10.0. The van der Waals surface area contributed by atoms with E-state index in [1.54, 1.807) is 66.7 Å². The fraction of sp³-hybridized carbons (Fsp3) is 0.130. The number of para-hydroxylation sites is 1. The molecule has 0 fully saturated rings.